The van der Waals surface area contributed by atoms with Gasteiger partial charge in [-0.15, -0.1) is 0 Å². The number of aryl methyl sites for hydroxylation is 2. The summed E-state index contributed by atoms with van der Waals surface area (Å²) in [4.78, 5) is 13.4. The van der Waals surface area contributed by atoms with Crippen LogP contribution in [0.5, 0.6) is 0 Å². The molecule has 0 fully saturated rings. The highest BCUT2D eigenvalue weighted by Crippen LogP contribution is 2.26. The third kappa shape index (κ3) is 3.78. The number of aromatic nitrogens is 4. The van der Waals surface area contributed by atoms with Crippen LogP contribution in [-0.2, 0) is 6.54 Å². The predicted octanol–water partition coefficient (Wildman–Crippen LogP) is 5.69. The fraction of sp³-hybridized carbons (Fsp3) is 0.115. The summed E-state index contributed by atoms with van der Waals surface area (Å²) in [5, 5.41) is 3.46. The van der Waals surface area contributed by atoms with Gasteiger partial charge >= 0.3 is 0 Å². The molecule has 0 aliphatic heterocycles. The van der Waals surface area contributed by atoms with Crippen molar-refractivity contribution in [2.24, 2.45) is 0 Å². The van der Waals surface area contributed by atoms with Crippen LogP contribution in [0.4, 0.5) is 5.82 Å². The minimum atomic E-state index is 0.677. The zero-order chi connectivity index (χ0) is 21.2. The van der Waals surface area contributed by atoms with Crippen molar-refractivity contribution in [2.75, 3.05) is 5.32 Å². The molecular weight excluding hydrogens is 382 g/mol. The first-order valence-corrected chi connectivity index (χ1v) is 10.3. The molecule has 0 aliphatic carbocycles. The summed E-state index contributed by atoms with van der Waals surface area (Å²) in [5.41, 5.74) is 8.89. The van der Waals surface area contributed by atoms with Crippen LogP contribution >= 0.6 is 0 Å². The van der Waals surface area contributed by atoms with Crippen molar-refractivity contribution >= 4 is 11.5 Å². The van der Waals surface area contributed by atoms with Crippen LogP contribution in [0.1, 0.15) is 16.8 Å². The molecule has 0 bridgehead atoms. The third-order valence-electron chi connectivity index (χ3n) is 5.46. The van der Waals surface area contributed by atoms with Crippen molar-refractivity contribution in [2.45, 2.75) is 20.4 Å². The number of rotatable bonds is 5. The molecule has 3 aromatic heterocycles. The minimum absolute atomic E-state index is 0.677. The van der Waals surface area contributed by atoms with Gasteiger partial charge in [-0.3, -0.25) is 9.38 Å². The lowest BCUT2D eigenvalue weighted by atomic mass is 9.98. The summed E-state index contributed by atoms with van der Waals surface area (Å²) in [6, 6.07) is 21.0. The Morgan fingerprint density at radius 3 is 2.52 bits per heavy atom. The normalized spacial score (nSPS) is 11.0. The lowest BCUT2D eigenvalue weighted by molar-refractivity contribution is 1.07. The van der Waals surface area contributed by atoms with Gasteiger partial charge in [0.05, 0.1) is 11.9 Å². The average molecular weight is 406 g/mol. The van der Waals surface area contributed by atoms with Crippen molar-refractivity contribution in [3.63, 3.8) is 0 Å². The molecule has 0 spiro atoms. The van der Waals surface area contributed by atoms with E-state index in [1.165, 1.54) is 22.3 Å². The molecule has 5 rings (SSSR count). The largest absolute Gasteiger partial charge is 0.363 e. The summed E-state index contributed by atoms with van der Waals surface area (Å²) >= 11 is 0. The minimum Gasteiger partial charge on any atom is -0.363 e. The molecule has 3 heterocycles. The van der Waals surface area contributed by atoms with E-state index >= 15 is 0 Å². The number of imidazole rings is 1. The number of pyridine rings is 1. The van der Waals surface area contributed by atoms with Crippen molar-refractivity contribution in [1.29, 1.82) is 0 Å². The molecule has 2 aromatic carbocycles. The van der Waals surface area contributed by atoms with E-state index in [1.807, 2.05) is 49.9 Å². The lowest BCUT2D eigenvalue weighted by Gasteiger charge is -2.11. The van der Waals surface area contributed by atoms with E-state index in [-0.39, 0.29) is 0 Å². The van der Waals surface area contributed by atoms with Crippen molar-refractivity contribution in [1.82, 2.24) is 19.4 Å². The number of hydrogen-bond acceptors (Lipinski definition) is 4. The molecule has 0 saturated heterocycles. The van der Waals surface area contributed by atoms with Gasteiger partial charge in [0.15, 0.2) is 11.5 Å². The van der Waals surface area contributed by atoms with Gasteiger partial charge in [0.25, 0.3) is 0 Å². The fourth-order valence-electron chi connectivity index (χ4n) is 3.92. The van der Waals surface area contributed by atoms with Crippen LogP contribution in [-0.4, -0.2) is 19.4 Å². The van der Waals surface area contributed by atoms with E-state index in [0.29, 0.717) is 6.54 Å². The van der Waals surface area contributed by atoms with E-state index in [9.17, 15) is 0 Å². The van der Waals surface area contributed by atoms with Crippen LogP contribution < -0.4 is 5.32 Å². The molecule has 152 valence electrons. The molecular formula is C26H23N5. The maximum Gasteiger partial charge on any atom is 0.180 e. The first kappa shape index (κ1) is 19.0. The molecule has 1 N–H and O–H groups in total. The van der Waals surface area contributed by atoms with Gasteiger partial charge in [0, 0.05) is 36.4 Å². The van der Waals surface area contributed by atoms with Crippen molar-refractivity contribution in [3.8, 4) is 22.4 Å². The van der Waals surface area contributed by atoms with Crippen LogP contribution in [0, 0.1) is 13.8 Å². The van der Waals surface area contributed by atoms with Crippen LogP contribution in [0.3, 0.4) is 0 Å². The van der Waals surface area contributed by atoms with Gasteiger partial charge in [0.1, 0.15) is 0 Å². The number of benzene rings is 2. The molecule has 0 aliphatic rings. The number of nitrogens with zero attached hydrogens (tertiary/aromatic N) is 4. The highest BCUT2D eigenvalue weighted by atomic mass is 15.1. The van der Waals surface area contributed by atoms with Gasteiger partial charge < -0.3 is 5.32 Å². The zero-order valence-electron chi connectivity index (χ0n) is 17.6. The van der Waals surface area contributed by atoms with Gasteiger partial charge in [-0.2, -0.15) is 0 Å². The second kappa shape index (κ2) is 8.03. The van der Waals surface area contributed by atoms with E-state index < -0.39 is 0 Å². The zero-order valence-corrected chi connectivity index (χ0v) is 17.6. The first-order chi connectivity index (χ1) is 15.2. The summed E-state index contributed by atoms with van der Waals surface area (Å²) in [7, 11) is 0. The Kier molecular flexibility index (Phi) is 4.92. The van der Waals surface area contributed by atoms with Crippen LogP contribution in [0.2, 0.25) is 0 Å². The van der Waals surface area contributed by atoms with E-state index in [4.69, 9.17) is 0 Å². The van der Waals surface area contributed by atoms with E-state index in [0.717, 1.165) is 28.4 Å². The molecule has 0 radical (unpaired) electrons. The summed E-state index contributed by atoms with van der Waals surface area (Å²) in [5.74, 6) is 0.774. The summed E-state index contributed by atoms with van der Waals surface area (Å²) < 4.78 is 2.07. The topological polar surface area (TPSA) is 55.1 Å². The maximum atomic E-state index is 4.62. The van der Waals surface area contributed by atoms with Gasteiger partial charge in [-0.25, -0.2) is 9.97 Å². The standard InChI is InChI=1S/C26H23N5/c1-18-14-20(8-9-23(18)22-10-11-27-19(2)15-22)16-29-25-26-30-17-24(31(26)13-12-28-25)21-6-4-3-5-7-21/h3-15,17H,16H2,1-2H3,(H,28,29). The fourth-order valence-corrected chi connectivity index (χ4v) is 3.92. The van der Waals surface area contributed by atoms with Gasteiger partial charge in [-0.05, 0) is 48.2 Å². The first-order valence-electron chi connectivity index (χ1n) is 10.3. The number of hydrogen-bond donors (Lipinski definition) is 1. The molecule has 5 heteroatoms. The molecule has 5 nitrogen and oxygen atoms in total. The molecule has 0 unspecified atom stereocenters. The highest BCUT2D eigenvalue weighted by Gasteiger charge is 2.10. The average Bonchev–Trinajstić information content (AvgIpc) is 3.23. The Morgan fingerprint density at radius 2 is 1.71 bits per heavy atom. The molecule has 0 saturated carbocycles. The third-order valence-corrected chi connectivity index (χ3v) is 5.46. The highest BCUT2D eigenvalue weighted by molar-refractivity contribution is 5.71. The Morgan fingerprint density at radius 1 is 0.839 bits per heavy atom. The van der Waals surface area contributed by atoms with Crippen molar-refractivity contribution < 1.29 is 0 Å². The molecule has 31 heavy (non-hydrogen) atoms. The van der Waals surface area contributed by atoms with Crippen LogP contribution in [0.15, 0.2) is 85.5 Å². The summed E-state index contributed by atoms with van der Waals surface area (Å²) in [6.45, 7) is 4.84. The molecule has 0 amide bonds. The van der Waals surface area contributed by atoms with Crippen molar-refractivity contribution in [3.05, 3.63) is 102 Å². The summed E-state index contributed by atoms with van der Waals surface area (Å²) in [6.07, 6.45) is 7.52. The second-order valence-electron chi connectivity index (χ2n) is 7.67. The van der Waals surface area contributed by atoms with E-state index in [1.54, 1.807) is 0 Å². The Balaban J connectivity index is 1.39. The number of fused-ring (bicyclic) bond motifs is 1. The van der Waals surface area contributed by atoms with Gasteiger partial charge in [-0.1, -0.05) is 48.5 Å². The smallest absolute Gasteiger partial charge is 0.180 e. The monoisotopic (exact) mass is 405 g/mol. The SMILES string of the molecule is Cc1cc(-c2ccc(CNc3nccn4c(-c5ccccc5)cnc34)cc2C)ccn1. The second-order valence-corrected chi connectivity index (χ2v) is 7.67. The number of nitrogens with one attached hydrogen (secondary N) is 1. The van der Waals surface area contributed by atoms with Crippen LogP contribution in [0.25, 0.3) is 28.0 Å². The predicted molar refractivity (Wildman–Crippen MR) is 125 cm³/mol. The Labute approximate surface area is 181 Å². The number of anilines is 1. The maximum absolute atomic E-state index is 4.62. The van der Waals surface area contributed by atoms with E-state index in [2.05, 4.69) is 74.1 Å². The lowest BCUT2D eigenvalue weighted by Crippen LogP contribution is -2.04. The molecule has 5 aromatic rings. The van der Waals surface area contributed by atoms with Gasteiger partial charge in [0.2, 0.25) is 0 Å². The quantitative estimate of drug-likeness (QED) is 0.408. The Hall–Kier alpha value is -3.99. The molecule has 0 atom stereocenters. The Bertz CT molecular complexity index is 1360.